The molecule has 0 aliphatic carbocycles. The van der Waals surface area contributed by atoms with Crippen molar-refractivity contribution in [2.45, 2.75) is 25.5 Å². The fraction of sp³-hybridized carbons (Fsp3) is 0.500. The fourth-order valence-corrected chi connectivity index (χ4v) is 2.23. The number of ether oxygens (including phenoxy) is 1. The molecule has 0 aromatic heterocycles. The Hall–Kier alpha value is -0.740. The van der Waals surface area contributed by atoms with E-state index in [0.29, 0.717) is 10.8 Å². The second-order valence-corrected chi connectivity index (χ2v) is 7.98. The third-order valence-electron chi connectivity index (χ3n) is 2.38. The summed E-state index contributed by atoms with van der Waals surface area (Å²) in [6.45, 7) is 5.15. The number of hydrogen-bond acceptors (Lipinski definition) is 3. The van der Waals surface area contributed by atoms with Crippen LogP contribution in [0.3, 0.4) is 0 Å². The van der Waals surface area contributed by atoms with Gasteiger partial charge in [-0.2, -0.15) is 0 Å². The molecule has 17 heavy (non-hydrogen) atoms. The standard InChI is InChI=1S/C12H17ClO3S/c1-12(2,3)17(14,15)9-8-16-11-7-5-4-6-10(11)13/h4-7H,8-9H2,1-3H3. The lowest BCUT2D eigenvalue weighted by Crippen LogP contribution is -2.32. The number of hydrogen-bond donors (Lipinski definition) is 0. The Morgan fingerprint density at radius 1 is 1.24 bits per heavy atom. The molecule has 0 N–H and O–H groups in total. The highest BCUT2D eigenvalue weighted by Gasteiger charge is 2.28. The van der Waals surface area contributed by atoms with Crippen LogP contribution in [0.25, 0.3) is 0 Å². The van der Waals surface area contributed by atoms with Gasteiger partial charge >= 0.3 is 0 Å². The van der Waals surface area contributed by atoms with Gasteiger partial charge in [-0.3, -0.25) is 0 Å². The predicted molar refractivity (Wildman–Crippen MR) is 70.5 cm³/mol. The summed E-state index contributed by atoms with van der Waals surface area (Å²) in [6.07, 6.45) is 0. The van der Waals surface area contributed by atoms with Gasteiger partial charge in [-0.15, -0.1) is 0 Å². The van der Waals surface area contributed by atoms with Gasteiger partial charge in [-0.25, -0.2) is 8.42 Å². The summed E-state index contributed by atoms with van der Waals surface area (Å²) in [4.78, 5) is 0. The Morgan fingerprint density at radius 2 is 1.82 bits per heavy atom. The molecule has 0 amide bonds. The lowest BCUT2D eigenvalue weighted by molar-refractivity contribution is 0.340. The van der Waals surface area contributed by atoms with Gasteiger partial charge in [-0.1, -0.05) is 23.7 Å². The first-order chi connectivity index (χ1) is 7.74. The average molecular weight is 277 g/mol. The number of para-hydroxylation sites is 1. The van der Waals surface area contributed by atoms with Gasteiger partial charge in [0.2, 0.25) is 0 Å². The summed E-state index contributed by atoms with van der Waals surface area (Å²) in [6, 6.07) is 7.00. The maximum absolute atomic E-state index is 11.8. The lowest BCUT2D eigenvalue weighted by atomic mass is 10.3. The van der Waals surface area contributed by atoms with Crippen LogP contribution in [0.1, 0.15) is 20.8 Å². The van der Waals surface area contributed by atoms with Crippen LogP contribution >= 0.6 is 11.6 Å². The number of benzene rings is 1. The molecule has 0 atom stereocenters. The van der Waals surface area contributed by atoms with Crippen LogP contribution < -0.4 is 4.74 Å². The first-order valence-electron chi connectivity index (χ1n) is 5.34. The van der Waals surface area contributed by atoms with Gasteiger partial charge in [-0.05, 0) is 32.9 Å². The maximum atomic E-state index is 11.8. The van der Waals surface area contributed by atoms with Crippen molar-refractivity contribution in [3.63, 3.8) is 0 Å². The first kappa shape index (κ1) is 14.3. The molecule has 0 aliphatic rings. The average Bonchev–Trinajstić information content (AvgIpc) is 2.19. The second kappa shape index (κ2) is 5.27. The van der Waals surface area contributed by atoms with Crippen LogP contribution in [0.2, 0.25) is 5.02 Å². The molecular formula is C12H17ClO3S. The van der Waals surface area contributed by atoms with Crippen molar-refractivity contribution < 1.29 is 13.2 Å². The smallest absolute Gasteiger partial charge is 0.158 e. The van der Waals surface area contributed by atoms with E-state index in [9.17, 15) is 8.42 Å². The molecular weight excluding hydrogens is 260 g/mol. The first-order valence-corrected chi connectivity index (χ1v) is 7.37. The third kappa shape index (κ3) is 3.89. The topological polar surface area (TPSA) is 43.4 Å². The molecule has 1 rings (SSSR count). The number of rotatable bonds is 4. The van der Waals surface area contributed by atoms with E-state index in [2.05, 4.69) is 0 Å². The monoisotopic (exact) mass is 276 g/mol. The van der Waals surface area contributed by atoms with Crippen molar-refractivity contribution in [3.05, 3.63) is 29.3 Å². The third-order valence-corrected chi connectivity index (χ3v) is 5.26. The van der Waals surface area contributed by atoms with Crippen LogP contribution in [-0.2, 0) is 9.84 Å². The van der Waals surface area contributed by atoms with Crippen molar-refractivity contribution in [3.8, 4) is 5.75 Å². The van der Waals surface area contributed by atoms with E-state index in [1.165, 1.54) is 0 Å². The van der Waals surface area contributed by atoms with E-state index >= 15 is 0 Å². The molecule has 0 unspecified atom stereocenters. The minimum absolute atomic E-state index is 0.0122. The van der Waals surface area contributed by atoms with Crippen LogP contribution in [-0.4, -0.2) is 25.5 Å². The molecule has 0 heterocycles. The second-order valence-electron chi connectivity index (χ2n) is 4.71. The summed E-state index contributed by atoms with van der Waals surface area (Å²) >= 11 is 5.89. The highest BCUT2D eigenvalue weighted by atomic mass is 35.5. The highest BCUT2D eigenvalue weighted by molar-refractivity contribution is 7.92. The molecule has 5 heteroatoms. The zero-order chi connectivity index (χ0) is 13.1. The van der Waals surface area contributed by atoms with Crippen LogP contribution in [0.4, 0.5) is 0 Å². The molecule has 96 valence electrons. The van der Waals surface area contributed by atoms with E-state index in [-0.39, 0.29) is 12.4 Å². The molecule has 0 spiro atoms. The van der Waals surface area contributed by atoms with Crippen LogP contribution in [0, 0.1) is 0 Å². The van der Waals surface area contributed by atoms with Gasteiger partial charge < -0.3 is 4.74 Å². The van der Waals surface area contributed by atoms with Crippen molar-refractivity contribution in [2.24, 2.45) is 0 Å². The Labute approximate surface area is 108 Å². The Morgan fingerprint density at radius 3 is 2.35 bits per heavy atom. The SMILES string of the molecule is CC(C)(C)S(=O)(=O)CCOc1ccccc1Cl. The molecule has 0 aliphatic heterocycles. The van der Waals surface area contributed by atoms with Crippen molar-refractivity contribution in [1.82, 2.24) is 0 Å². The van der Waals surface area contributed by atoms with E-state index in [0.717, 1.165) is 0 Å². The number of sulfone groups is 1. The molecule has 0 radical (unpaired) electrons. The van der Waals surface area contributed by atoms with E-state index in [1.807, 2.05) is 0 Å². The van der Waals surface area contributed by atoms with Gasteiger partial charge in [0.25, 0.3) is 0 Å². The molecule has 0 saturated carbocycles. The molecule has 3 nitrogen and oxygen atoms in total. The Bertz CT molecular complexity index is 475. The lowest BCUT2D eigenvalue weighted by Gasteiger charge is -2.19. The van der Waals surface area contributed by atoms with E-state index in [1.54, 1.807) is 45.0 Å². The molecule has 0 fully saturated rings. The van der Waals surface area contributed by atoms with E-state index in [4.69, 9.17) is 16.3 Å². The molecule has 1 aromatic rings. The Kier molecular flexibility index (Phi) is 4.44. The summed E-state index contributed by atoms with van der Waals surface area (Å²) in [5, 5.41) is 0.487. The van der Waals surface area contributed by atoms with Crippen LogP contribution in [0.15, 0.2) is 24.3 Å². The Balaban J connectivity index is 2.58. The van der Waals surface area contributed by atoms with Gasteiger partial charge in [0.15, 0.2) is 9.84 Å². The highest BCUT2D eigenvalue weighted by Crippen LogP contribution is 2.23. The van der Waals surface area contributed by atoms with E-state index < -0.39 is 14.6 Å². The van der Waals surface area contributed by atoms with Crippen molar-refractivity contribution in [1.29, 1.82) is 0 Å². The summed E-state index contributed by atoms with van der Waals surface area (Å²) in [5.74, 6) is 0.500. The zero-order valence-corrected chi connectivity index (χ0v) is 11.8. The minimum Gasteiger partial charge on any atom is -0.491 e. The zero-order valence-electron chi connectivity index (χ0n) is 10.2. The van der Waals surface area contributed by atoms with Crippen molar-refractivity contribution in [2.75, 3.05) is 12.4 Å². The minimum atomic E-state index is -3.15. The van der Waals surface area contributed by atoms with Crippen molar-refractivity contribution >= 4 is 21.4 Å². The molecule has 0 saturated heterocycles. The van der Waals surface area contributed by atoms with Gasteiger partial charge in [0, 0.05) is 0 Å². The predicted octanol–water partition coefficient (Wildman–Crippen LogP) is 2.93. The molecule has 0 bridgehead atoms. The van der Waals surface area contributed by atoms with Gasteiger partial charge in [0.05, 0.1) is 15.5 Å². The summed E-state index contributed by atoms with van der Waals surface area (Å²) in [5.41, 5.74) is 0. The normalized spacial score (nSPS) is 12.5. The van der Waals surface area contributed by atoms with Gasteiger partial charge in [0.1, 0.15) is 12.4 Å². The largest absolute Gasteiger partial charge is 0.491 e. The summed E-state index contributed by atoms with van der Waals surface area (Å²) in [7, 11) is -3.15. The molecule has 1 aromatic carbocycles. The van der Waals surface area contributed by atoms with Crippen LogP contribution in [0.5, 0.6) is 5.75 Å². The maximum Gasteiger partial charge on any atom is 0.158 e. The number of halogens is 1. The fourth-order valence-electron chi connectivity index (χ4n) is 1.13. The summed E-state index contributed by atoms with van der Waals surface area (Å²) < 4.78 is 28.2. The quantitative estimate of drug-likeness (QED) is 0.849.